The minimum atomic E-state index is -0.672. The normalized spacial score (nSPS) is 17.4. The molecule has 7 nitrogen and oxygen atoms in total. The van der Waals surface area contributed by atoms with Gasteiger partial charge < -0.3 is 14.8 Å². The number of halogens is 3. The molecule has 1 N–H and O–H groups in total. The van der Waals surface area contributed by atoms with Gasteiger partial charge in [-0.2, -0.15) is 0 Å². The topological polar surface area (TPSA) is 80.2 Å². The number of carbonyl (C=O) groups is 2. The van der Waals surface area contributed by atoms with Gasteiger partial charge in [0.05, 0.1) is 33.0 Å². The second-order valence-corrected chi connectivity index (χ2v) is 11.3. The van der Waals surface area contributed by atoms with Gasteiger partial charge >= 0.3 is 0 Å². The molecule has 2 aliphatic rings. The number of aliphatic imine (C=N–C) groups is 1. The third-order valence-electron chi connectivity index (χ3n) is 6.03. The number of nitrogens with one attached hydrogen (secondary N) is 1. The summed E-state index contributed by atoms with van der Waals surface area (Å²) in [5, 5.41) is 3.37. The zero-order valence-corrected chi connectivity index (χ0v) is 23.5. The molecule has 1 fully saturated rings. The summed E-state index contributed by atoms with van der Waals surface area (Å²) in [5.74, 6) is 0.694. The number of benzene rings is 3. The molecular weight excluding hydrogens is 569 g/mol. The lowest BCUT2D eigenvalue weighted by atomic mass is 10.1. The zero-order valence-electron chi connectivity index (χ0n) is 20.4. The Morgan fingerprint density at radius 2 is 1.79 bits per heavy atom. The molecular formula is C27H22Cl3N3O4S. The Morgan fingerprint density at radius 1 is 1.03 bits per heavy atom. The van der Waals surface area contributed by atoms with Gasteiger partial charge in [-0.25, -0.2) is 4.99 Å². The molecule has 3 aromatic carbocycles. The van der Waals surface area contributed by atoms with Gasteiger partial charge in [-0.1, -0.05) is 64.8 Å². The van der Waals surface area contributed by atoms with Crippen molar-refractivity contribution in [2.75, 3.05) is 12.1 Å². The Labute approximate surface area is 239 Å². The first-order chi connectivity index (χ1) is 18.2. The third kappa shape index (κ3) is 5.73. The number of hydrogen-bond acceptors (Lipinski definition) is 6. The van der Waals surface area contributed by atoms with Crippen molar-refractivity contribution < 1.29 is 19.1 Å². The van der Waals surface area contributed by atoms with Crippen LogP contribution in [0.5, 0.6) is 11.5 Å². The fraction of sp³-hybridized carbons (Fsp3) is 0.222. The molecule has 0 spiro atoms. The molecule has 1 atom stereocenters. The predicted molar refractivity (Wildman–Crippen MR) is 152 cm³/mol. The number of aryl methyl sites for hydroxylation is 2. The Kier molecular flexibility index (Phi) is 7.77. The summed E-state index contributed by atoms with van der Waals surface area (Å²) in [6.07, 6.45) is -0.0798. The van der Waals surface area contributed by atoms with Crippen LogP contribution >= 0.6 is 46.6 Å². The van der Waals surface area contributed by atoms with Crippen LogP contribution in [-0.2, 0) is 16.1 Å². The van der Waals surface area contributed by atoms with Gasteiger partial charge in [-0.3, -0.25) is 14.5 Å². The highest BCUT2D eigenvalue weighted by atomic mass is 35.5. The molecule has 38 heavy (non-hydrogen) atoms. The molecule has 0 bridgehead atoms. The summed E-state index contributed by atoms with van der Waals surface area (Å²) < 4.78 is 10.9. The second-order valence-electron chi connectivity index (χ2n) is 8.90. The minimum Gasteiger partial charge on any atom is -0.454 e. The number of thioether (sulfide) groups is 1. The highest BCUT2D eigenvalue weighted by Crippen LogP contribution is 2.37. The summed E-state index contributed by atoms with van der Waals surface area (Å²) in [7, 11) is 0. The molecule has 196 valence electrons. The Balaban J connectivity index is 1.40. The van der Waals surface area contributed by atoms with Gasteiger partial charge in [0, 0.05) is 6.42 Å². The number of ether oxygens (including phenoxy) is 2. The van der Waals surface area contributed by atoms with E-state index in [4.69, 9.17) is 49.3 Å². The van der Waals surface area contributed by atoms with Crippen LogP contribution in [0.25, 0.3) is 0 Å². The van der Waals surface area contributed by atoms with Crippen LogP contribution < -0.4 is 14.8 Å². The van der Waals surface area contributed by atoms with Crippen LogP contribution in [0.4, 0.5) is 11.4 Å². The number of amidine groups is 1. The predicted octanol–water partition coefficient (Wildman–Crippen LogP) is 7.15. The zero-order chi connectivity index (χ0) is 27.0. The van der Waals surface area contributed by atoms with Crippen LogP contribution in [0.1, 0.15) is 23.1 Å². The molecule has 2 heterocycles. The molecule has 1 saturated heterocycles. The van der Waals surface area contributed by atoms with E-state index >= 15 is 0 Å². The molecule has 0 aromatic heterocycles. The molecule has 5 rings (SSSR count). The quantitative estimate of drug-likeness (QED) is 0.308. The van der Waals surface area contributed by atoms with E-state index in [1.54, 1.807) is 4.90 Å². The summed E-state index contributed by atoms with van der Waals surface area (Å²) >= 11 is 19.5. The summed E-state index contributed by atoms with van der Waals surface area (Å²) in [4.78, 5) is 32.9. The van der Waals surface area contributed by atoms with Gasteiger partial charge in [0.2, 0.25) is 18.6 Å². The number of carbonyl (C=O) groups excluding carboxylic acids is 2. The van der Waals surface area contributed by atoms with Gasteiger partial charge in [0.1, 0.15) is 5.25 Å². The molecule has 2 aliphatic heterocycles. The van der Waals surface area contributed by atoms with E-state index in [0.29, 0.717) is 22.4 Å². The molecule has 0 saturated carbocycles. The van der Waals surface area contributed by atoms with Gasteiger partial charge in [0.25, 0.3) is 0 Å². The maximum absolute atomic E-state index is 13.6. The minimum absolute atomic E-state index is 0.0798. The van der Waals surface area contributed by atoms with Crippen molar-refractivity contribution >= 4 is 74.9 Å². The highest BCUT2D eigenvalue weighted by molar-refractivity contribution is 8.15. The van der Waals surface area contributed by atoms with Crippen LogP contribution in [0, 0.1) is 13.8 Å². The van der Waals surface area contributed by atoms with Crippen LogP contribution in [0.3, 0.4) is 0 Å². The average molecular weight is 591 g/mol. The maximum Gasteiger partial charge on any atom is 0.242 e. The van der Waals surface area contributed by atoms with E-state index in [9.17, 15) is 9.59 Å². The van der Waals surface area contributed by atoms with Crippen LogP contribution in [-0.4, -0.2) is 33.9 Å². The molecule has 0 unspecified atom stereocenters. The van der Waals surface area contributed by atoms with E-state index in [-0.39, 0.29) is 46.6 Å². The van der Waals surface area contributed by atoms with E-state index in [0.717, 1.165) is 22.4 Å². The second kappa shape index (κ2) is 11.1. The van der Waals surface area contributed by atoms with Crippen molar-refractivity contribution in [2.24, 2.45) is 4.99 Å². The first-order valence-corrected chi connectivity index (χ1v) is 13.7. The summed E-state index contributed by atoms with van der Waals surface area (Å²) in [6.45, 7) is 4.38. The number of amides is 2. The van der Waals surface area contributed by atoms with Crippen LogP contribution in [0.2, 0.25) is 15.1 Å². The highest BCUT2D eigenvalue weighted by Gasteiger charge is 2.39. The number of anilines is 1. The average Bonchev–Trinajstić information content (AvgIpc) is 3.45. The van der Waals surface area contributed by atoms with E-state index in [2.05, 4.69) is 5.32 Å². The Bertz CT molecular complexity index is 1480. The van der Waals surface area contributed by atoms with E-state index < -0.39 is 5.25 Å². The molecule has 2 amide bonds. The lowest BCUT2D eigenvalue weighted by Gasteiger charge is -2.17. The van der Waals surface area contributed by atoms with Crippen molar-refractivity contribution in [2.45, 2.75) is 32.1 Å². The smallest absolute Gasteiger partial charge is 0.242 e. The third-order valence-corrected chi connectivity index (χ3v) is 8.24. The SMILES string of the molecule is Cc1ccc(C)c(N=C2S[C@H](CC(=O)Nc3cc(Cl)c(Cl)cc3Cl)C(=O)N2Cc2ccc3c(c2)OCO3)c1. The first kappa shape index (κ1) is 26.7. The fourth-order valence-corrected chi connectivity index (χ4v) is 5.77. The first-order valence-electron chi connectivity index (χ1n) is 11.6. The van der Waals surface area contributed by atoms with Crippen molar-refractivity contribution in [3.8, 4) is 11.5 Å². The molecule has 0 aliphatic carbocycles. The van der Waals surface area contributed by atoms with Crippen molar-refractivity contribution in [1.29, 1.82) is 0 Å². The maximum atomic E-state index is 13.6. The van der Waals surface area contributed by atoms with Crippen LogP contribution in [0.15, 0.2) is 53.5 Å². The lowest BCUT2D eigenvalue weighted by Crippen LogP contribution is -2.33. The molecule has 11 heteroatoms. The number of hydrogen-bond donors (Lipinski definition) is 1. The number of rotatable bonds is 6. The summed E-state index contributed by atoms with van der Waals surface area (Å²) in [6, 6.07) is 14.5. The fourth-order valence-electron chi connectivity index (χ4n) is 4.02. The van der Waals surface area contributed by atoms with Crippen molar-refractivity contribution in [3.63, 3.8) is 0 Å². The van der Waals surface area contributed by atoms with Crippen molar-refractivity contribution in [1.82, 2.24) is 4.90 Å². The number of fused-ring (bicyclic) bond motifs is 1. The van der Waals surface area contributed by atoms with Gasteiger partial charge in [-0.15, -0.1) is 0 Å². The standard InChI is InChI=1S/C27H22Cl3N3O4S/c1-14-3-4-15(2)20(7-14)32-27-33(12-16-5-6-22-23(8-16)37-13-36-22)26(35)24(38-27)11-25(34)31-21-10-18(29)17(28)9-19(21)30/h3-10,24H,11-13H2,1-2H3,(H,31,34)/t24-/m1/s1. The lowest BCUT2D eigenvalue weighted by molar-refractivity contribution is -0.128. The number of nitrogens with zero attached hydrogens (tertiary/aromatic N) is 2. The van der Waals surface area contributed by atoms with Gasteiger partial charge in [0.15, 0.2) is 16.7 Å². The Morgan fingerprint density at radius 3 is 2.61 bits per heavy atom. The molecule has 0 radical (unpaired) electrons. The van der Waals surface area contributed by atoms with Crippen molar-refractivity contribution in [3.05, 3.63) is 80.3 Å². The van der Waals surface area contributed by atoms with Gasteiger partial charge in [-0.05, 0) is 60.9 Å². The summed E-state index contributed by atoms with van der Waals surface area (Å²) in [5.41, 5.74) is 3.98. The molecule has 3 aromatic rings. The monoisotopic (exact) mass is 589 g/mol. The van der Waals surface area contributed by atoms with E-state index in [1.165, 1.54) is 23.9 Å². The largest absolute Gasteiger partial charge is 0.454 e. The Hall–Kier alpha value is -2.91. The van der Waals surface area contributed by atoms with E-state index in [1.807, 2.05) is 50.2 Å².